The Hall–Kier alpha value is -4.62. The molecule has 2 amide bonds. The van der Waals surface area contributed by atoms with Crippen molar-refractivity contribution < 1.29 is 33.8 Å². The van der Waals surface area contributed by atoms with E-state index >= 15 is 0 Å². The number of aryl methyl sites for hydroxylation is 1. The molecule has 0 spiro atoms. The van der Waals surface area contributed by atoms with Crippen LogP contribution in [-0.4, -0.2) is 51.0 Å². The van der Waals surface area contributed by atoms with Gasteiger partial charge in [-0.25, -0.2) is 9.78 Å². The molecule has 1 aromatic carbocycles. The molecule has 4 heterocycles. The molecule has 13 nitrogen and oxygen atoms in total. The third-order valence-corrected chi connectivity index (χ3v) is 8.70. The number of primary amides is 1. The minimum atomic E-state index is -1.91. The second-order valence-corrected chi connectivity index (χ2v) is 12.1. The highest BCUT2D eigenvalue weighted by atomic mass is 16.6. The van der Waals surface area contributed by atoms with Crippen molar-refractivity contribution in [2.75, 3.05) is 6.54 Å². The Morgan fingerprint density at radius 2 is 1.93 bits per heavy atom. The zero-order valence-corrected chi connectivity index (χ0v) is 25.7. The van der Waals surface area contributed by atoms with Crippen LogP contribution in [0.3, 0.4) is 0 Å². The van der Waals surface area contributed by atoms with Crippen molar-refractivity contribution >= 4 is 34.7 Å². The van der Waals surface area contributed by atoms with E-state index in [1.54, 1.807) is 49.6 Å². The Morgan fingerprint density at radius 1 is 1.20 bits per heavy atom. The Kier molecular flexibility index (Phi) is 8.27. The normalized spacial score (nSPS) is 17.6. The number of nitrogens with two attached hydrogens (primary N) is 2. The van der Waals surface area contributed by atoms with E-state index < -0.39 is 40.8 Å². The van der Waals surface area contributed by atoms with E-state index in [0.717, 1.165) is 16.5 Å². The number of aromatic nitrogens is 2. The summed E-state index contributed by atoms with van der Waals surface area (Å²) in [5.41, 5.74) is 11.6. The van der Waals surface area contributed by atoms with Gasteiger partial charge in [-0.2, -0.15) is 0 Å². The lowest BCUT2D eigenvalue weighted by Gasteiger charge is -2.31. The third-order valence-electron chi connectivity index (χ3n) is 8.70. The van der Waals surface area contributed by atoms with Gasteiger partial charge in [0.15, 0.2) is 5.60 Å². The highest BCUT2D eigenvalue weighted by Gasteiger charge is 2.45. The molecular weight excluding hydrogens is 582 g/mol. The summed E-state index contributed by atoms with van der Waals surface area (Å²) < 4.78 is 12.5. The summed E-state index contributed by atoms with van der Waals surface area (Å²) in [7, 11) is 0. The summed E-state index contributed by atoms with van der Waals surface area (Å²) in [5, 5.41) is 14.5. The fraction of sp³-hybridized carbons (Fsp3) is 0.438. The number of nitrogens with one attached hydrogen (secondary N) is 1. The lowest BCUT2D eigenvalue weighted by Crippen LogP contribution is -2.44. The predicted octanol–water partition coefficient (Wildman–Crippen LogP) is 1.28. The molecule has 13 heteroatoms. The second-order valence-electron chi connectivity index (χ2n) is 12.1. The fourth-order valence-electron chi connectivity index (χ4n) is 5.89. The van der Waals surface area contributed by atoms with Crippen LogP contribution in [0.2, 0.25) is 0 Å². The number of carbonyl (C=O) groups is 4. The molecule has 45 heavy (non-hydrogen) atoms. The third kappa shape index (κ3) is 5.57. The first-order valence-corrected chi connectivity index (χ1v) is 14.9. The highest BCUT2D eigenvalue weighted by Crippen LogP contribution is 2.41. The lowest BCUT2D eigenvalue weighted by atomic mass is 9.86. The van der Waals surface area contributed by atoms with Crippen molar-refractivity contribution in [2.45, 2.75) is 78.2 Å². The van der Waals surface area contributed by atoms with Crippen LogP contribution in [0.15, 0.2) is 29.1 Å². The van der Waals surface area contributed by atoms with Gasteiger partial charge in [0.2, 0.25) is 11.8 Å². The molecule has 2 atom stereocenters. The molecule has 3 aromatic rings. The van der Waals surface area contributed by atoms with Gasteiger partial charge in [-0.15, -0.1) is 0 Å². The van der Waals surface area contributed by atoms with Gasteiger partial charge < -0.3 is 35.9 Å². The van der Waals surface area contributed by atoms with Crippen LogP contribution in [-0.2, 0) is 49.1 Å². The van der Waals surface area contributed by atoms with Crippen LogP contribution >= 0.6 is 0 Å². The van der Waals surface area contributed by atoms with Crippen molar-refractivity contribution in [3.63, 3.8) is 0 Å². The van der Waals surface area contributed by atoms with Gasteiger partial charge in [0.1, 0.15) is 12.4 Å². The number of fused-ring (bicyclic) bond motifs is 5. The van der Waals surface area contributed by atoms with E-state index in [4.69, 9.17) is 25.9 Å². The van der Waals surface area contributed by atoms with Crippen LogP contribution in [0.4, 0.5) is 0 Å². The minimum absolute atomic E-state index is 0.0536. The van der Waals surface area contributed by atoms with Crippen LogP contribution in [0.25, 0.3) is 22.3 Å². The van der Waals surface area contributed by atoms with E-state index in [-0.39, 0.29) is 55.6 Å². The summed E-state index contributed by atoms with van der Waals surface area (Å²) in [6.45, 7) is 7.23. The van der Waals surface area contributed by atoms with Crippen LogP contribution in [0.5, 0.6) is 5.75 Å². The number of ether oxygens (including phenoxy) is 2. The van der Waals surface area contributed by atoms with E-state index in [0.29, 0.717) is 29.1 Å². The van der Waals surface area contributed by atoms with Crippen LogP contribution in [0, 0.1) is 5.41 Å². The lowest BCUT2D eigenvalue weighted by molar-refractivity contribution is -0.172. The number of aliphatic hydroxyl groups is 1. The first-order chi connectivity index (χ1) is 21.2. The Morgan fingerprint density at radius 3 is 2.60 bits per heavy atom. The molecule has 2 aromatic heterocycles. The summed E-state index contributed by atoms with van der Waals surface area (Å²) in [4.78, 5) is 67.2. The quantitative estimate of drug-likeness (QED) is 0.148. The Bertz CT molecular complexity index is 1810. The van der Waals surface area contributed by atoms with Crippen LogP contribution in [0.1, 0.15) is 69.2 Å². The van der Waals surface area contributed by atoms with Crippen molar-refractivity contribution in [3.05, 3.63) is 56.9 Å². The molecule has 0 radical (unpaired) electrons. The number of hydrogen-bond donors (Lipinski definition) is 4. The maximum atomic E-state index is 13.6. The van der Waals surface area contributed by atoms with Gasteiger partial charge in [0, 0.05) is 23.1 Å². The first-order valence-electron chi connectivity index (χ1n) is 14.9. The fourth-order valence-corrected chi connectivity index (χ4v) is 5.89. The molecule has 0 saturated carbocycles. The van der Waals surface area contributed by atoms with Crippen molar-refractivity contribution in [2.24, 2.45) is 16.9 Å². The molecule has 2 aliphatic heterocycles. The number of benzene rings is 1. The highest BCUT2D eigenvalue weighted by molar-refractivity contribution is 5.91. The smallest absolute Gasteiger partial charge is 0.343 e. The van der Waals surface area contributed by atoms with E-state index in [9.17, 15) is 29.1 Å². The van der Waals surface area contributed by atoms with Crippen molar-refractivity contribution in [1.29, 1.82) is 0 Å². The average Bonchev–Trinajstić information content (AvgIpc) is 3.36. The van der Waals surface area contributed by atoms with Gasteiger partial charge in [0.25, 0.3) is 5.56 Å². The predicted molar refractivity (Wildman–Crippen MR) is 163 cm³/mol. The summed E-state index contributed by atoms with van der Waals surface area (Å²) in [5.74, 6) is -2.18. The molecule has 0 fully saturated rings. The van der Waals surface area contributed by atoms with E-state index in [1.165, 1.54) is 0 Å². The largest absolute Gasteiger partial charge is 0.458 e. The average molecular weight is 620 g/mol. The Balaban J connectivity index is 1.41. The molecule has 5 rings (SSSR count). The monoisotopic (exact) mass is 619 g/mol. The first kappa shape index (κ1) is 31.8. The molecule has 0 unspecified atom stereocenters. The number of nitrogens with zero attached hydrogens (tertiary/aromatic N) is 2. The molecule has 238 valence electrons. The van der Waals surface area contributed by atoms with E-state index in [2.05, 4.69) is 5.32 Å². The SMILES string of the molecule is CCc1c2c(nc3ccc(OC(=O)C(C)(C)CCNC(=O)[C@H](N)CC(N)=O)cc13)-c1cc3c(c(=O)n1C2)COC(=O)[C@]3(O)CC. The number of carbonyl (C=O) groups excluding carboxylic acids is 4. The molecule has 6 N–H and O–H groups in total. The van der Waals surface area contributed by atoms with Crippen molar-refractivity contribution in [3.8, 4) is 17.1 Å². The second kappa shape index (κ2) is 11.7. The summed E-state index contributed by atoms with van der Waals surface area (Å²) >= 11 is 0. The van der Waals surface area contributed by atoms with Crippen LogP contribution < -0.4 is 27.1 Å². The molecule has 0 aliphatic carbocycles. The number of pyridine rings is 2. The number of amides is 2. The standard InChI is InChI=1S/C32H37N5O8/c1-5-17-18-11-16(45-29(41)31(3,4)9-10-35-27(39)22(33)13-25(34)38)7-8-23(18)36-26-19(17)14-37-24(26)12-21-20(28(37)40)15-44-30(42)32(21,43)6-2/h7-8,11-12,22,43H,5-6,9-10,13-15,33H2,1-4H3,(H2,34,38)(H,35,39)/t22-,32+/m1/s1. The zero-order chi connectivity index (χ0) is 32.8. The number of cyclic esters (lactones) is 1. The number of esters is 2. The van der Waals surface area contributed by atoms with Gasteiger partial charge in [-0.05, 0) is 62.9 Å². The minimum Gasteiger partial charge on any atom is -0.458 e. The van der Waals surface area contributed by atoms with Gasteiger partial charge in [-0.3, -0.25) is 19.2 Å². The molecule has 2 aliphatic rings. The maximum Gasteiger partial charge on any atom is 0.343 e. The van der Waals surface area contributed by atoms with Gasteiger partial charge in [0.05, 0.1) is 46.9 Å². The summed E-state index contributed by atoms with van der Waals surface area (Å²) in [6.07, 6.45) is 0.632. The van der Waals surface area contributed by atoms with Gasteiger partial charge >= 0.3 is 11.9 Å². The number of rotatable bonds is 10. The Labute approximate surface area is 258 Å². The molecular formula is C32H37N5O8. The maximum absolute atomic E-state index is 13.6. The van der Waals surface area contributed by atoms with Crippen molar-refractivity contribution in [1.82, 2.24) is 14.9 Å². The number of hydrogen-bond acceptors (Lipinski definition) is 10. The van der Waals surface area contributed by atoms with Gasteiger partial charge in [-0.1, -0.05) is 13.8 Å². The van der Waals surface area contributed by atoms with E-state index in [1.807, 2.05) is 6.92 Å². The molecule has 0 saturated heterocycles. The molecule has 0 bridgehead atoms. The topological polar surface area (TPSA) is 206 Å². The zero-order valence-electron chi connectivity index (χ0n) is 25.7. The summed E-state index contributed by atoms with van der Waals surface area (Å²) in [6, 6.07) is 5.74.